The quantitative estimate of drug-likeness (QED) is 0.607. The Bertz CT molecular complexity index is 1320. The first kappa shape index (κ1) is 22.4. The van der Waals surface area contributed by atoms with E-state index in [1.165, 1.54) is 50.6 Å². The Morgan fingerprint density at radius 2 is 1.80 bits per heavy atom. The minimum atomic E-state index is -0.154. The van der Waals surface area contributed by atoms with E-state index in [4.69, 9.17) is 0 Å². The smallest absolute Gasteiger partial charge is 0.329 e. The summed E-state index contributed by atoms with van der Waals surface area (Å²) in [4.78, 5) is 28.3. The number of benzene rings is 2. The number of aromatic nitrogens is 2. The van der Waals surface area contributed by atoms with Gasteiger partial charge in [-0.25, -0.2) is 4.79 Å². The molecular weight excluding hydrogens is 436 g/mol. The van der Waals surface area contributed by atoms with Gasteiger partial charge in [-0.1, -0.05) is 24.6 Å². The maximum atomic E-state index is 13.6. The molecule has 184 valence electrons. The fourth-order valence-corrected chi connectivity index (χ4v) is 7.00. The second-order valence-electron chi connectivity index (χ2n) is 10.6. The average molecular weight is 473 g/mol. The maximum Gasteiger partial charge on any atom is 0.329 e. The summed E-state index contributed by atoms with van der Waals surface area (Å²) in [7, 11) is 1.61. The SMILES string of the molecule is CNC(=O)Cn1c(=O)n(C2CCCN(c3ccc4c5c3CCCCC5CCC4)C2)c2ccccc21. The Morgan fingerprint density at radius 3 is 2.66 bits per heavy atom. The zero-order valence-corrected chi connectivity index (χ0v) is 20.8. The molecule has 0 saturated carbocycles. The Balaban J connectivity index is 1.38. The van der Waals surface area contributed by atoms with Crippen molar-refractivity contribution in [3.8, 4) is 0 Å². The molecule has 2 unspecified atom stereocenters. The maximum absolute atomic E-state index is 13.6. The summed E-state index contributed by atoms with van der Waals surface area (Å²) in [5.74, 6) is 0.584. The number of hydrogen-bond acceptors (Lipinski definition) is 3. The number of nitrogens with one attached hydrogen (secondary N) is 1. The number of para-hydroxylation sites is 2. The van der Waals surface area contributed by atoms with Crippen LogP contribution in [-0.2, 0) is 24.2 Å². The Morgan fingerprint density at radius 1 is 0.971 bits per heavy atom. The number of piperidine rings is 1. The molecule has 0 bridgehead atoms. The van der Waals surface area contributed by atoms with Crippen molar-refractivity contribution in [2.24, 2.45) is 0 Å². The number of imidazole rings is 1. The topological polar surface area (TPSA) is 59.3 Å². The third kappa shape index (κ3) is 3.87. The molecule has 3 aromatic rings. The number of carbonyl (C=O) groups is 1. The summed E-state index contributed by atoms with van der Waals surface area (Å²) in [6.07, 6.45) is 11.1. The monoisotopic (exact) mass is 472 g/mol. The van der Waals surface area contributed by atoms with Gasteiger partial charge in [0.25, 0.3) is 0 Å². The summed E-state index contributed by atoms with van der Waals surface area (Å²) in [5.41, 5.74) is 7.95. The number of hydrogen-bond donors (Lipinski definition) is 1. The number of carbonyl (C=O) groups excluding carboxylic acids is 1. The van der Waals surface area contributed by atoms with Crippen LogP contribution in [0.2, 0.25) is 0 Å². The molecule has 0 radical (unpaired) electrons. The highest BCUT2D eigenvalue weighted by Gasteiger charge is 2.31. The van der Waals surface area contributed by atoms with Crippen LogP contribution in [0.25, 0.3) is 11.0 Å². The van der Waals surface area contributed by atoms with Gasteiger partial charge in [-0.05, 0) is 92.2 Å². The lowest BCUT2D eigenvalue weighted by Crippen LogP contribution is -2.41. The summed E-state index contributed by atoms with van der Waals surface area (Å²) >= 11 is 0. The standard InChI is InChI=1S/C29H36N4O2/c1-30-27(34)19-32-25-13-4-5-14-26(25)33(29(32)35)22-11-7-17-31(18-22)24-16-15-21-10-6-9-20-8-2-3-12-23(24)28(20)21/h4-5,13-16,20,22H,2-3,6-12,17-19H2,1H3,(H,30,34). The van der Waals surface area contributed by atoms with E-state index in [0.29, 0.717) is 0 Å². The predicted molar refractivity (Wildman–Crippen MR) is 140 cm³/mol. The van der Waals surface area contributed by atoms with Crippen molar-refractivity contribution in [3.05, 3.63) is 63.6 Å². The lowest BCUT2D eigenvalue weighted by atomic mass is 9.78. The van der Waals surface area contributed by atoms with Gasteiger partial charge in [0.1, 0.15) is 6.54 Å². The number of rotatable bonds is 4. The molecule has 1 amide bonds. The molecular formula is C29H36N4O2. The summed E-state index contributed by atoms with van der Waals surface area (Å²) < 4.78 is 3.59. The Labute approximate surface area is 206 Å². The second kappa shape index (κ2) is 9.21. The minimum absolute atomic E-state index is 0.0512. The predicted octanol–water partition coefficient (Wildman–Crippen LogP) is 4.54. The van der Waals surface area contributed by atoms with E-state index in [1.807, 2.05) is 28.8 Å². The average Bonchev–Trinajstić information content (AvgIpc) is 3.02. The molecule has 0 spiro atoms. The van der Waals surface area contributed by atoms with Crippen molar-refractivity contribution in [2.45, 2.75) is 76.3 Å². The highest BCUT2D eigenvalue weighted by Crippen LogP contribution is 2.44. The number of likely N-dealkylation sites (N-methyl/N-ethyl adjacent to an activating group) is 1. The van der Waals surface area contributed by atoms with E-state index in [0.717, 1.165) is 42.9 Å². The van der Waals surface area contributed by atoms with Crippen molar-refractivity contribution >= 4 is 22.6 Å². The fraction of sp³-hybridized carbons (Fsp3) is 0.517. The second-order valence-corrected chi connectivity index (χ2v) is 10.6. The first-order valence-electron chi connectivity index (χ1n) is 13.5. The number of nitrogens with zero attached hydrogens (tertiary/aromatic N) is 3. The highest BCUT2D eigenvalue weighted by atomic mass is 16.2. The molecule has 6 nitrogen and oxygen atoms in total. The third-order valence-electron chi connectivity index (χ3n) is 8.61. The van der Waals surface area contributed by atoms with Crippen LogP contribution in [0.5, 0.6) is 0 Å². The van der Waals surface area contributed by atoms with Gasteiger partial charge < -0.3 is 10.2 Å². The zero-order valence-electron chi connectivity index (χ0n) is 20.8. The lowest BCUT2D eigenvalue weighted by Gasteiger charge is -2.38. The molecule has 1 fully saturated rings. The van der Waals surface area contributed by atoms with Crippen LogP contribution in [-0.4, -0.2) is 35.2 Å². The molecule has 2 heterocycles. The van der Waals surface area contributed by atoms with Crippen LogP contribution in [0, 0.1) is 0 Å². The van der Waals surface area contributed by atoms with Crippen LogP contribution < -0.4 is 15.9 Å². The van der Waals surface area contributed by atoms with Crippen molar-refractivity contribution in [3.63, 3.8) is 0 Å². The van der Waals surface area contributed by atoms with E-state index in [-0.39, 0.29) is 24.2 Å². The molecule has 2 atom stereocenters. The van der Waals surface area contributed by atoms with Gasteiger partial charge in [0, 0.05) is 25.8 Å². The molecule has 2 aliphatic carbocycles. The van der Waals surface area contributed by atoms with E-state index >= 15 is 0 Å². The fourth-order valence-electron chi connectivity index (χ4n) is 7.00. The normalized spacial score (nSPS) is 22.0. The largest absolute Gasteiger partial charge is 0.369 e. The first-order valence-corrected chi connectivity index (χ1v) is 13.5. The van der Waals surface area contributed by atoms with Crippen molar-refractivity contribution in [2.75, 3.05) is 25.0 Å². The first-order chi connectivity index (χ1) is 17.2. The van der Waals surface area contributed by atoms with E-state index in [2.05, 4.69) is 22.3 Å². The number of anilines is 1. The molecule has 1 N–H and O–H groups in total. The summed E-state index contributed by atoms with van der Waals surface area (Å²) in [6, 6.07) is 12.8. The highest BCUT2D eigenvalue weighted by molar-refractivity contribution is 5.81. The van der Waals surface area contributed by atoms with Crippen LogP contribution in [0.1, 0.15) is 73.6 Å². The van der Waals surface area contributed by atoms with Gasteiger partial charge in [-0.15, -0.1) is 0 Å². The van der Waals surface area contributed by atoms with Crippen LogP contribution in [0.4, 0.5) is 5.69 Å². The van der Waals surface area contributed by atoms with Crippen LogP contribution in [0.3, 0.4) is 0 Å². The van der Waals surface area contributed by atoms with Gasteiger partial charge in [0.2, 0.25) is 5.91 Å². The van der Waals surface area contributed by atoms with Crippen molar-refractivity contribution in [1.82, 2.24) is 14.5 Å². The summed E-state index contributed by atoms with van der Waals surface area (Å²) in [5, 5.41) is 2.66. The van der Waals surface area contributed by atoms with Gasteiger partial charge in [-0.2, -0.15) is 0 Å². The molecule has 35 heavy (non-hydrogen) atoms. The molecule has 6 rings (SSSR count). The lowest BCUT2D eigenvalue weighted by molar-refractivity contribution is -0.121. The molecule has 1 aromatic heterocycles. The minimum Gasteiger partial charge on any atom is -0.369 e. The Hall–Kier alpha value is -3.02. The van der Waals surface area contributed by atoms with E-state index < -0.39 is 0 Å². The molecule has 2 aromatic carbocycles. The van der Waals surface area contributed by atoms with Crippen molar-refractivity contribution in [1.29, 1.82) is 0 Å². The zero-order chi connectivity index (χ0) is 23.9. The van der Waals surface area contributed by atoms with Gasteiger partial charge in [-0.3, -0.25) is 13.9 Å². The third-order valence-corrected chi connectivity index (χ3v) is 8.61. The Kier molecular flexibility index (Phi) is 5.91. The van der Waals surface area contributed by atoms with Gasteiger partial charge >= 0.3 is 5.69 Å². The van der Waals surface area contributed by atoms with Crippen LogP contribution >= 0.6 is 0 Å². The summed E-state index contributed by atoms with van der Waals surface area (Å²) in [6.45, 7) is 1.93. The number of fused-ring (bicyclic) bond motifs is 1. The van der Waals surface area contributed by atoms with Gasteiger partial charge in [0.15, 0.2) is 0 Å². The molecule has 3 aliphatic rings. The molecule has 1 saturated heterocycles. The number of amides is 1. The molecule has 1 aliphatic heterocycles. The van der Waals surface area contributed by atoms with E-state index in [1.54, 1.807) is 28.3 Å². The molecule has 6 heteroatoms. The van der Waals surface area contributed by atoms with Crippen molar-refractivity contribution < 1.29 is 4.79 Å². The van der Waals surface area contributed by atoms with E-state index in [9.17, 15) is 9.59 Å². The van der Waals surface area contributed by atoms with Crippen LogP contribution in [0.15, 0.2) is 41.2 Å². The van der Waals surface area contributed by atoms with Gasteiger partial charge in [0.05, 0.1) is 17.1 Å². The number of aryl methyl sites for hydroxylation is 1.